The molecule has 1 rings (SSSR count). The summed E-state index contributed by atoms with van der Waals surface area (Å²) in [6, 6.07) is 4.90. The molecule has 0 spiro atoms. The molecule has 3 nitrogen and oxygen atoms in total. The van der Waals surface area contributed by atoms with Crippen LogP contribution in [0.4, 0.5) is 0 Å². The lowest BCUT2D eigenvalue weighted by atomic mass is 10.0. The molecule has 0 aliphatic heterocycles. The van der Waals surface area contributed by atoms with Gasteiger partial charge in [-0.2, -0.15) is 5.26 Å². The van der Waals surface area contributed by atoms with Gasteiger partial charge >= 0.3 is 0 Å². The fourth-order valence-corrected chi connectivity index (χ4v) is 3.54. The van der Waals surface area contributed by atoms with Crippen molar-refractivity contribution in [3.63, 3.8) is 0 Å². The Morgan fingerprint density at radius 2 is 2.06 bits per heavy atom. The van der Waals surface area contributed by atoms with E-state index in [0.717, 1.165) is 5.56 Å². The number of halogens is 2. The third-order valence-corrected chi connectivity index (χ3v) is 4.23. The van der Waals surface area contributed by atoms with E-state index in [1.165, 1.54) is 12.1 Å². The fraction of sp³-hybridized carbons (Fsp3) is 0.300. The van der Waals surface area contributed by atoms with Gasteiger partial charge in [0.25, 0.3) is 9.05 Å². The van der Waals surface area contributed by atoms with Gasteiger partial charge in [0.05, 0.1) is 16.5 Å². The summed E-state index contributed by atoms with van der Waals surface area (Å²) in [5, 5.41) is 9.27. The molecule has 0 N–H and O–H groups in total. The number of nitriles is 1. The summed E-state index contributed by atoms with van der Waals surface area (Å²) >= 11 is 3.22. The molecule has 0 heterocycles. The molecule has 0 saturated heterocycles. The van der Waals surface area contributed by atoms with E-state index in [9.17, 15) is 8.42 Å². The minimum Gasteiger partial charge on any atom is -0.207 e. The molecular formula is C10H9BrClNO2S. The predicted molar refractivity (Wildman–Crippen MR) is 66.2 cm³/mol. The van der Waals surface area contributed by atoms with Crippen LogP contribution in [-0.2, 0) is 20.8 Å². The monoisotopic (exact) mass is 321 g/mol. The Morgan fingerprint density at radius 1 is 1.44 bits per heavy atom. The molecule has 6 heteroatoms. The maximum absolute atomic E-state index is 11.3. The summed E-state index contributed by atoms with van der Waals surface area (Å²) in [5.41, 5.74) is 1.78. The van der Waals surface area contributed by atoms with E-state index < -0.39 is 9.05 Å². The van der Waals surface area contributed by atoms with Crippen molar-refractivity contribution in [2.75, 3.05) is 0 Å². The van der Waals surface area contributed by atoms with Crippen LogP contribution in [0, 0.1) is 11.3 Å². The van der Waals surface area contributed by atoms with Crippen molar-refractivity contribution in [2.45, 2.75) is 23.6 Å². The van der Waals surface area contributed by atoms with E-state index in [0.29, 0.717) is 22.9 Å². The second-order valence-electron chi connectivity index (χ2n) is 3.11. The molecular weight excluding hydrogens is 314 g/mol. The lowest BCUT2D eigenvalue weighted by Crippen LogP contribution is -2.03. The molecule has 1 aromatic carbocycles. The zero-order chi connectivity index (χ0) is 12.3. The van der Waals surface area contributed by atoms with Crippen molar-refractivity contribution in [2.24, 2.45) is 0 Å². The van der Waals surface area contributed by atoms with E-state index in [-0.39, 0.29) is 4.90 Å². The largest absolute Gasteiger partial charge is 0.261 e. The van der Waals surface area contributed by atoms with Crippen LogP contribution in [0.3, 0.4) is 0 Å². The highest BCUT2D eigenvalue weighted by atomic mass is 79.9. The summed E-state index contributed by atoms with van der Waals surface area (Å²) in [5.74, 6) is 0. The van der Waals surface area contributed by atoms with Gasteiger partial charge in [-0.15, -0.1) is 0 Å². The van der Waals surface area contributed by atoms with Gasteiger partial charge in [-0.1, -0.05) is 22.9 Å². The molecule has 16 heavy (non-hydrogen) atoms. The number of benzene rings is 1. The summed E-state index contributed by atoms with van der Waals surface area (Å²) in [4.78, 5) is 0.0712. The van der Waals surface area contributed by atoms with Crippen molar-refractivity contribution in [3.8, 4) is 6.07 Å². The highest BCUT2D eigenvalue weighted by molar-refractivity contribution is 9.08. The minimum atomic E-state index is -3.77. The number of hydrogen-bond acceptors (Lipinski definition) is 3. The normalized spacial score (nSPS) is 11.1. The first-order chi connectivity index (χ1) is 7.45. The summed E-state index contributed by atoms with van der Waals surface area (Å²) in [7, 11) is 1.57. The Kier molecular flexibility index (Phi) is 4.36. The van der Waals surface area contributed by atoms with Crippen molar-refractivity contribution in [1.82, 2.24) is 0 Å². The predicted octanol–water partition coefficient (Wildman–Crippen LogP) is 2.94. The maximum Gasteiger partial charge on any atom is 0.261 e. The molecule has 86 valence electrons. The Morgan fingerprint density at radius 3 is 2.44 bits per heavy atom. The van der Waals surface area contributed by atoms with Gasteiger partial charge in [0, 0.05) is 16.0 Å². The van der Waals surface area contributed by atoms with Gasteiger partial charge in [-0.3, -0.25) is 0 Å². The quantitative estimate of drug-likeness (QED) is 0.635. The Balaban J connectivity index is 3.64. The standard InChI is InChI=1S/C10H9BrClNO2S/c1-2-8-7(6-13)3-4-10(9(8)5-11)16(12,14)15/h3-4H,2,5H2,1H3. The number of hydrogen-bond donors (Lipinski definition) is 0. The third-order valence-electron chi connectivity index (χ3n) is 2.26. The third kappa shape index (κ3) is 2.57. The van der Waals surface area contributed by atoms with Crippen molar-refractivity contribution in [3.05, 3.63) is 28.8 Å². The maximum atomic E-state index is 11.3. The van der Waals surface area contributed by atoms with E-state index in [1.807, 2.05) is 13.0 Å². The molecule has 0 unspecified atom stereocenters. The summed E-state index contributed by atoms with van der Waals surface area (Å²) in [6.45, 7) is 1.87. The van der Waals surface area contributed by atoms with Crippen LogP contribution in [0.5, 0.6) is 0 Å². The van der Waals surface area contributed by atoms with Crippen LogP contribution in [0.25, 0.3) is 0 Å². The lowest BCUT2D eigenvalue weighted by Gasteiger charge is -2.10. The fourth-order valence-electron chi connectivity index (χ4n) is 1.56. The van der Waals surface area contributed by atoms with Gasteiger partial charge < -0.3 is 0 Å². The topological polar surface area (TPSA) is 57.9 Å². The molecule has 0 amide bonds. The molecule has 0 aliphatic carbocycles. The molecule has 1 aromatic rings. The lowest BCUT2D eigenvalue weighted by molar-refractivity contribution is 0.609. The minimum absolute atomic E-state index is 0.0712. The molecule has 0 atom stereocenters. The first-order valence-corrected chi connectivity index (χ1v) is 7.94. The van der Waals surface area contributed by atoms with E-state index in [2.05, 4.69) is 15.9 Å². The van der Waals surface area contributed by atoms with E-state index >= 15 is 0 Å². The summed E-state index contributed by atoms with van der Waals surface area (Å²) < 4.78 is 22.7. The number of nitrogens with zero attached hydrogens (tertiary/aromatic N) is 1. The van der Waals surface area contributed by atoms with Gasteiger partial charge in [0.1, 0.15) is 0 Å². The zero-order valence-electron chi connectivity index (χ0n) is 8.50. The van der Waals surface area contributed by atoms with Gasteiger partial charge in [-0.25, -0.2) is 8.42 Å². The molecule has 0 aliphatic rings. The highest BCUT2D eigenvalue weighted by Crippen LogP contribution is 2.28. The molecule has 0 aromatic heterocycles. The van der Waals surface area contributed by atoms with Gasteiger partial charge in [-0.05, 0) is 29.7 Å². The SMILES string of the molecule is CCc1c(C#N)ccc(S(=O)(=O)Cl)c1CBr. The van der Waals surface area contributed by atoms with Gasteiger partial charge in [0.15, 0.2) is 0 Å². The van der Waals surface area contributed by atoms with Crippen molar-refractivity contribution >= 4 is 35.7 Å². The van der Waals surface area contributed by atoms with Crippen LogP contribution in [-0.4, -0.2) is 8.42 Å². The van der Waals surface area contributed by atoms with Crippen molar-refractivity contribution in [1.29, 1.82) is 5.26 Å². The van der Waals surface area contributed by atoms with Crippen LogP contribution in [0.15, 0.2) is 17.0 Å². The van der Waals surface area contributed by atoms with E-state index in [4.69, 9.17) is 15.9 Å². The molecule has 0 radical (unpaired) electrons. The number of alkyl halides is 1. The Labute approximate surface area is 108 Å². The van der Waals surface area contributed by atoms with Crippen LogP contribution in [0.1, 0.15) is 23.6 Å². The van der Waals surface area contributed by atoms with Crippen molar-refractivity contribution < 1.29 is 8.42 Å². The zero-order valence-corrected chi connectivity index (χ0v) is 11.7. The Bertz CT molecular complexity index is 549. The summed E-state index contributed by atoms with van der Waals surface area (Å²) in [6.07, 6.45) is 0.587. The van der Waals surface area contributed by atoms with Crippen LogP contribution >= 0.6 is 26.6 Å². The number of rotatable bonds is 3. The molecule has 0 fully saturated rings. The molecule has 0 saturated carbocycles. The first-order valence-electron chi connectivity index (χ1n) is 4.51. The van der Waals surface area contributed by atoms with Gasteiger partial charge in [0.2, 0.25) is 0 Å². The average Bonchev–Trinajstić information content (AvgIpc) is 2.25. The smallest absolute Gasteiger partial charge is 0.207 e. The average molecular weight is 323 g/mol. The highest BCUT2D eigenvalue weighted by Gasteiger charge is 2.19. The van der Waals surface area contributed by atoms with Crippen LogP contribution in [0.2, 0.25) is 0 Å². The second-order valence-corrected chi connectivity index (χ2v) is 6.20. The van der Waals surface area contributed by atoms with E-state index in [1.54, 1.807) is 0 Å². The molecule has 0 bridgehead atoms. The Hall–Kier alpha value is -0.570. The van der Waals surface area contributed by atoms with Crippen LogP contribution < -0.4 is 0 Å². The first kappa shape index (κ1) is 13.5. The second kappa shape index (κ2) is 5.17.